The van der Waals surface area contributed by atoms with Crippen molar-refractivity contribution in [1.29, 1.82) is 0 Å². The fraction of sp³-hybridized carbons (Fsp3) is 0.714. The molecule has 2 bridgehead atoms. The second-order valence-corrected chi connectivity index (χ2v) is 4.84. The molecule has 0 aromatic rings. The van der Waals surface area contributed by atoms with Gasteiger partial charge in [0, 0.05) is 36.0 Å². The maximum absolute atomic E-state index is 11.7. The summed E-state index contributed by atoms with van der Waals surface area (Å²) in [6, 6.07) is -2.17. The van der Waals surface area contributed by atoms with E-state index in [1.165, 1.54) is 4.90 Å². The standard InChI is InChI=1S/C7H11N3O6S.Na/c8-2-4-1-6(11)5-3-9(4)7(12)10(5)16-17(13,14)15;/h4-5H,1-3,8H2,(H,13,14,15);/t4-,5-;/m0./s1. The molecule has 2 aliphatic heterocycles. The SMILES string of the molecule is [NH3+]C[C@@H]1CC(=O)[C@@H]2CN1C(=O)N2OS(=O)(=O)[O-].[Na]. The molecule has 2 fully saturated rings. The van der Waals surface area contributed by atoms with Crippen molar-refractivity contribution in [2.24, 2.45) is 0 Å². The first-order valence-electron chi connectivity index (χ1n) is 4.90. The molecular weight excluding hydrogens is 277 g/mol. The third kappa shape index (κ3) is 2.85. The molecule has 0 unspecified atom stereocenters. The minimum Gasteiger partial charge on any atom is -0.724 e. The summed E-state index contributed by atoms with van der Waals surface area (Å²) < 4.78 is 35.4. The molecule has 2 amide bonds. The van der Waals surface area contributed by atoms with E-state index in [0.717, 1.165) is 0 Å². The summed E-state index contributed by atoms with van der Waals surface area (Å²) in [6.45, 7) is 0.371. The van der Waals surface area contributed by atoms with Crippen molar-refractivity contribution in [3.05, 3.63) is 0 Å². The number of ketones is 1. The van der Waals surface area contributed by atoms with Gasteiger partial charge >= 0.3 is 6.03 Å². The average Bonchev–Trinajstić information content (AvgIpc) is 2.48. The number of Topliss-reactive ketones (excluding diaryl/α,β-unsaturated/α-hetero) is 1. The quantitative estimate of drug-likeness (QED) is 0.328. The Labute approximate surface area is 125 Å². The van der Waals surface area contributed by atoms with Gasteiger partial charge in [-0.25, -0.2) is 13.2 Å². The zero-order valence-corrected chi connectivity index (χ0v) is 12.6. The van der Waals surface area contributed by atoms with E-state index >= 15 is 0 Å². The molecule has 2 aliphatic rings. The first-order valence-corrected chi connectivity index (χ1v) is 6.24. The Balaban J connectivity index is 0.00000162. The van der Waals surface area contributed by atoms with Crippen LogP contribution < -0.4 is 5.73 Å². The fourth-order valence-corrected chi connectivity index (χ4v) is 2.42. The molecule has 2 saturated heterocycles. The number of carbonyl (C=O) groups is 2. The molecule has 0 aromatic heterocycles. The number of fused-ring (bicyclic) bond motifs is 2. The van der Waals surface area contributed by atoms with E-state index in [1.54, 1.807) is 0 Å². The molecule has 9 nitrogen and oxygen atoms in total. The third-order valence-electron chi connectivity index (χ3n) is 2.84. The van der Waals surface area contributed by atoms with Gasteiger partial charge in [0.2, 0.25) is 10.4 Å². The summed E-state index contributed by atoms with van der Waals surface area (Å²) in [5, 5.41) is 0.348. The molecule has 2 heterocycles. The first-order chi connectivity index (χ1) is 7.83. The molecule has 18 heavy (non-hydrogen) atoms. The molecule has 1 radical (unpaired) electrons. The van der Waals surface area contributed by atoms with Gasteiger partial charge in [-0.1, -0.05) is 0 Å². The van der Waals surface area contributed by atoms with E-state index in [0.29, 0.717) is 11.6 Å². The number of amides is 2. The molecule has 0 aromatic carbocycles. The molecule has 97 valence electrons. The third-order valence-corrected chi connectivity index (χ3v) is 3.18. The van der Waals surface area contributed by atoms with Crippen molar-refractivity contribution in [3.8, 4) is 0 Å². The molecule has 11 heteroatoms. The minimum atomic E-state index is -5.07. The van der Waals surface area contributed by atoms with Gasteiger partial charge in [-0.3, -0.25) is 4.79 Å². The number of urea groups is 1. The molecule has 2 rings (SSSR count). The van der Waals surface area contributed by atoms with Crippen LogP contribution >= 0.6 is 0 Å². The van der Waals surface area contributed by atoms with Gasteiger partial charge < -0.3 is 15.2 Å². The molecule has 0 aliphatic carbocycles. The Morgan fingerprint density at radius 2 is 2.06 bits per heavy atom. The van der Waals surface area contributed by atoms with Crippen LogP contribution in [0.1, 0.15) is 6.42 Å². The van der Waals surface area contributed by atoms with Gasteiger partial charge in [-0.2, -0.15) is 9.35 Å². The van der Waals surface area contributed by atoms with E-state index in [9.17, 15) is 22.6 Å². The Morgan fingerprint density at radius 1 is 1.44 bits per heavy atom. The average molecular weight is 288 g/mol. The molecule has 3 N–H and O–H groups in total. The Kier molecular flexibility index (Phi) is 4.76. The van der Waals surface area contributed by atoms with Gasteiger partial charge in [-0.05, 0) is 0 Å². The number of rotatable bonds is 3. The zero-order valence-electron chi connectivity index (χ0n) is 9.74. The summed E-state index contributed by atoms with van der Waals surface area (Å²) in [4.78, 5) is 24.7. The number of hydrogen-bond donors (Lipinski definition) is 1. The monoisotopic (exact) mass is 288 g/mol. The Morgan fingerprint density at radius 3 is 2.56 bits per heavy atom. The molecule has 0 saturated carbocycles. The van der Waals surface area contributed by atoms with Gasteiger partial charge in [0.05, 0.1) is 19.1 Å². The van der Waals surface area contributed by atoms with Crippen LogP contribution in [0.2, 0.25) is 0 Å². The zero-order chi connectivity index (χ0) is 12.8. The van der Waals surface area contributed by atoms with Crippen LogP contribution in [0.25, 0.3) is 0 Å². The van der Waals surface area contributed by atoms with E-state index in [-0.39, 0.29) is 54.3 Å². The maximum Gasteiger partial charge on any atom is 0.346 e. The van der Waals surface area contributed by atoms with Gasteiger partial charge in [0.1, 0.15) is 6.04 Å². The first kappa shape index (κ1) is 15.8. The van der Waals surface area contributed by atoms with E-state index in [2.05, 4.69) is 10.0 Å². The number of quaternary nitrogens is 1. The van der Waals surface area contributed by atoms with Gasteiger partial charge in [-0.15, -0.1) is 0 Å². The summed E-state index contributed by atoms with van der Waals surface area (Å²) in [5.74, 6) is -0.329. The van der Waals surface area contributed by atoms with Crippen LogP contribution in [0, 0.1) is 0 Å². The molecular formula is C7H11N3NaO6S. The normalized spacial score (nSPS) is 27.4. The van der Waals surface area contributed by atoms with E-state index < -0.39 is 22.5 Å². The predicted octanol–water partition coefficient (Wildman–Crippen LogP) is -3.31. The summed E-state index contributed by atoms with van der Waals surface area (Å²) in [6.07, 6.45) is 0.0959. The number of piperidine rings is 1. The number of nitrogens with zero attached hydrogens (tertiary/aromatic N) is 2. The second kappa shape index (κ2) is 5.41. The number of carbonyl (C=O) groups excluding carboxylic acids is 2. The van der Waals surface area contributed by atoms with Crippen LogP contribution in [0.15, 0.2) is 0 Å². The van der Waals surface area contributed by atoms with Crippen LogP contribution in [0.4, 0.5) is 4.79 Å². The summed E-state index contributed by atoms with van der Waals surface area (Å²) in [5.41, 5.74) is 3.61. The summed E-state index contributed by atoms with van der Waals surface area (Å²) >= 11 is 0. The van der Waals surface area contributed by atoms with Crippen molar-refractivity contribution in [2.75, 3.05) is 13.1 Å². The second-order valence-electron chi connectivity index (χ2n) is 3.87. The largest absolute Gasteiger partial charge is 0.724 e. The number of hydroxylamine groups is 2. The minimum absolute atomic E-state index is 0. The Bertz CT molecular complexity index is 468. The van der Waals surface area contributed by atoms with Gasteiger partial charge in [0.15, 0.2) is 5.78 Å². The topological polar surface area (TPSA) is 135 Å². The van der Waals surface area contributed by atoms with Crippen molar-refractivity contribution in [3.63, 3.8) is 0 Å². The van der Waals surface area contributed by atoms with Crippen LogP contribution in [-0.2, 0) is 19.5 Å². The van der Waals surface area contributed by atoms with E-state index in [1.807, 2.05) is 0 Å². The van der Waals surface area contributed by atoms with Crippen molar-refractivity contribution >= 4 is 51.8 Å². The van der Waals surface area contributed by atoms with Crippen LogP contribution in [0.5, 0.6) is 0 Å². The molecule has 0 spiro atoms. The predicted molar refractivity (Wildman–Crippen MR) is 55.4 cm³/mol. The fourth-order valence-electron chi connectivity index (χ4n) is 2.05. The number of hydrogen-bond acceptors (Lipinski definition) is 6. The summed E-state index contributed by atoms with van der Waals surface area (Å²) in [7, 11) is -5.07. The molecule has 2 atom stereocenters. The van der Waals surface area contributed by atoms with Crippen molar-refractivity contribution < 1.29 is 32.6 Å². The maximum atomic E-state index is 11.7. The van der Waals surface area contributed by atoms with Crippen LogP contribution in [0.3, 0.4) is 0 Å². The van der Waals surface area contributed by atoms with E-state index in [4.69, 9.17) is 0 Å². The van der Waals surface area contributed by atoms with Crippen LogP contribution in [-0.4, -0.2) is 89.5 Å². The van der Waals surface area contributed by atoms with Crippen molar-refractivity contribution in [2.45, 2.75) is 18.5 Å². The van der Waals surface area contributed by atoms with Gasteiger partial charge in [0.25, 0.3) is 0 Å². The smallest absolute Gasteiger partial charge is 0.346 e. The van der Waals surface area contributed by atoms with Crippen molar-refractivity contribution in [1.82, 2.24) is 9.96 Å². The Hall–Kier alpha value is -0.230.